The molecule has 0 aliphatic rings. The molecular formula is C16H17ClO2. The first-order valence-electron chi connectivity index (χ1n) is 6.13. The molecule has 1 atom stereocenters. The van der Waals surface area contributed by atoms with Gasteiger partial charge in [-0.05, 0) is 35.9 Å². The first kappa shape index (κ1) is 13.8. The molecule has 0 saturated heterocycles. The molecule has 2 nitrogen and oxygen atoms in total. The highest BCUT2D eigenvalue weighted by molar-refractivity contribution is 6.30. The maximum absolute atomic E-state index is 5.92. The van der Waals surface area contributed by atoms with Crippen molar-refractivity contribution in [2.75, 3.05) is 14.2 Å². The second kappa shape index (κ2) is 5.98. The zero-order valence-corrected chi connectivity index (χ0v) is 12.1. The van der Waals surface area contributed by atoms with Crippen molar-refractivity contribution < 1.29 is 9.47 Å². The van der Waals surface area contributed by atoms with Crippen molar-refractivity contribution in [1.82, 2.24) is 0 Å². The van der Waals surface area contributed by atoms with Gasteiger partial charge in [-0.2, -0.15) is 0 Å². The smallest absolute Gasteiger partial charge is 0.122 e. The van der Waals surface area contributed by atoms with Crippen LogP contribution in [0.5, 0.6) is 11.5 Å². The van der Waals surface area contributed by atoms with Crippen LogP contribution in [-0.2, 0) is 0 Å². The van der Waals surface area contributed by atoms with E-state index in [2.05, 4.69) is 6.92 Å². The van der Waals surface area contributed by atoms with E-state index in [1.54, 1.807) is 14.2 Å². The van der Waals surface area contributed by atoms with Crippen molar-refractivity contribution in [1.29, 1.82) is 0 Å². The van der Waals surface area contributed by atoms with E-state index in [9.17, 15) is 0 Å². The number of rotatable bonds is 4. The highest BCUT2D eigenvalue weighted by atomic mass is 35.5. The van der Waals surface area contributed by atoms with Crippen LogP contribution < -0.4 is 9.47 Å². The average molecular weight is 277 g/mol. The second-order valence-corrected chi connectivity index (χ2v) is 4.82. The molecular weight excluding hydrogens is 260 g/mol. The lowest BCUT2D eigenvalue weighted by Gasteiger charge is -2.17. The van der Waals surface area contributed by atoms with Crippen LogP contribution in [0.1, 0.15) is 24.0 Å². The molecule has 0 aliphatic carbocycles. The molecule has 0 spiro atoms. The minimum absolute atomic E-state index is 0.210. The Morgan fingerprint density at radius 1 is 0.947 bits per heavy atom. The van der Waals surface area contributed by atoms with Crippen molar-refractivity contribution in [3.05, 3.63) is 58.6 Å². The lowest BCUT2D eigenvalue weighted by atomic mass is 9.92. The van der Waals surface area contributed by atoms with Gasteiger partial charge in [0, 0.05) is 16.5 Å². The van der Waals surface area contributed by atoms with Crippen molar-refractivity contribution in [2.45, 2.75) is 12.8 Å². The maximum atomic E-state index is 5.92. The molecule has 2 aromatic rings. The average Bonchev–Trinajstić information content (AvgIpc) is 2.46. The lowest BCUT2D eigenvalue weighted by Crippen LogP contribution is -2.00. The standard InChI is InChI=1S/C16H17ClO2/c1-11(12-4-6-13(17)7-5-12)15-10-14(18-2)8-9-16(15)19-3/h4-11H,1-3H3. The van der Waals surface area contributed by atoms with E-state index in [0.717, 1.165) is 22.1 Å². The molecule has 0 saturated carbocycles. The molecule has 0 heterocycles. The van der Waals surface area contributed by atoms with E-state index < -0.39 is 0 Å². The highest BCUT2D eigenvalue weighted by Gasteiger charge is 2.14. The maximum Gasteiger partial charge on any atom is 0.122 e. The van der Waals surface area contributed by atoms with Crippen molar-refractivity contribution in [2.24, 2.45) is 0 Å². The van der Waals surface area contributed by atoms with Gasteiger partial charge < -0.3 is 9.47 Å². The summed E-state index contributed by atoms with van der Waals surface area (Å²) >= 11 is 5.92. The number of halogens is 1. The molecule has 0 aromatic heterocycles. The van der Waals surface area contributed by atoms with Crippen LogP contribution in [0.15, 0.2) is 42.5 Å². The summed E-state index contributed by atoms with van der Waals surface area (Å²) in [6.45, 7) is 2.14. The van der Waals surface area contributed by atoms with Gasteiger partial charge in [-0.1, -0.05) is 30.7 Å². The van der Waals surface area contributed by atoms with Crippen LogP contribution >= 0.6 is 11.6 Å². The van der Waals surface area contributed by atoms with Crippen molar-refractivity contribution in [3.63, 3.8) is 0 Å². The van der Waals surface area contributed by atoms with Gasteiger partial charge in [-0.15, -0.1) is 0 Å². The molecule has 1 unspecified atom stereocenters. The number of benzene rings is 2. The fourth-order valence-electron chi connectivity index (χ4n) is 2.11. The number of hydrogen-bond acceptors (Lipinski definition) is 2. The van der Waals surface area contributed by atoms with Crippen molar-refractivity contribution >= 4 is 11.6 Å². The molecule has 0 fully saturated rings. The molecule has 0 bridgehead atoms. The molecule has 0 N–H and O–H groups in total. The predicted octanol–water partition coefficient (Wildman–Crippen LogP) is 4.51. The van der Waals surface area contributed by atoms with E-state index in [-0.39, 0.29) is 5.92 Å². The molecule has 3 heteroatoms. The third-order valence-electron chi connectivity index (χ3n) is 3.27. The Kier molecular flexibility index (Phi) is 4.33. The van der Waals surface area contributed by atoms with Gasteiger partial charge in [-0.25, -0.2) is 0 Å². The first-order chi connectivity index (χ1) is 9.15. The largest absolute Gasteiger partial charge is 0.497 e. The molecule has 0 amide bonds. The van der Waals surface area contributed by atoms with Crippen LogP contribution in [0, 0.1) is 0 Å². The fourth-order valence-corrected chi connectivity index (χ4v) is 2.23. The van der Waals surface area contributed by atoms with E-state index in [1.165, 1.54) is 5.56 Å². The summed E-state index contributed by atoms with van der Waals surface area (Å²) in [4.78, 5) is 0. The summed E-state index contributed by atoms with van der Waals surface area (Å²) in [6, 6.07) is 13.7. The van der Waals surface area contributed by atoms with Gasteiger partial charge in [-0.3, -0.25) is 0 Å². The Balaban J connectivity index is 2.41. The summed E-state index contributed by atoms with van der Waals surface area (Å²) in [5.41, 5.74) is 2.29. The zero-order valence-electron chi connectivity index (χ0n) is 11.3. The minimum atomic E-state index is 0.210. The van der Waals surface area contributed by atoms with E-state index in [1.807, 2.05) is 42.5 Å². The Bertz CT molecular complexity index is 549. The monoisotopic (exact) mass is 276 g/mol. The van der Waals surface area contributed by atoms with Crippen molar-refractivity contribution in [3.8, 4) is 11.5 Å². The van der Waals surface area contributed by atoms with Gasteiger partial charge in [0.2, 0.25) is 0 Å². The number of hydrogen-bond donors (Lipinski definition) is 0. The minimum Gasteiger partial charge on any atom is -0.497 e. The predicted molar refractivity (Wildman–Crippen MR) is 78.5 cm³/mol. The summed E-state index contributed by atoms with van der Waals surface area (Å²) in [5, 5.41) is 0.744. The first-order valence-corrected chi connectivity index (χ1v) is 6.51. The van der Waals surface area contributed by atoms with Crippen LogP contribution in [-0.4, -0.2) is 14.2 Å². The lowest BCUT2D eigenvalue weighted by molar-refractivity contribution is 0.397. The van der Waals surface area contributed by atoms with Crippen LogP contribution in [0.2, 0.25) is 5.02 Å². The third kappa shape index (κ3) is 3.02. The third-order valence-corrected chi connectivity index (χ3v) is 3.53. The van der Waals surface area contributed by atoms with E-state index in [0.29, 0.717) is 0 Å². The summed E-state index contributed by atoms with van der Waals surface area (Å²) < 4.78 is 10.7. The fraction of sp³-hybridized carbons (Fsp3) is 0.250. The van der Waals surface area contributed by atoms with Gasteiger partial charge in [0.05, 0.1) is 14.2 Å². The van der Waals surface area contributed by atoms with Gasteiger partial charge in [0.25, 0.3) is 0 Å². The summed E-state index contributed by atoms with van der Waals surface area (Å²) in [5.74, 6) is 1.90. The van der Waals surface area contributed by atoms with Gasteiger partial charge in [0.1, 0.15) is 11.5 Å². The molecule has 0 radical (unpaired) electrons. The second-order valence-electron chi connectivity index (χ2n) is 4.38. The Morgan fingerprint density at radius 2 is 1.63 bits per heavy atom. The number of ether oxygens (including phenoxy) is 2. The Labute approximate surface area is 118 Å². The zero-order chi connectivity index (χ0) is 13.8. The highest BCUT2D eigenvalue weighted by Crippen LogP contribution is 2.34. The Morgan fingerprint density at radius 3 is 2.21 bits per heavy atom. The number of methoxy groups -OCH3 is 2. The Hall–Kier alpha value is -1.67. The van der Waals surface area contributed by atoms with E-state index in [4.69, 9.17) is 21.1 Å². The molecule has 0 aliphatic heterocycles. The van der Waals surface area contributed by atoms with E-state index >= 15 is 0 Å². The normalized spacial score (nSPS) is 12.0. The van der Waals surface area contributed by atoms with Crippen LogP contribution in [0.4, 0.5) is 0 Å². The van der Waals surface area contributed by atoms with Gasteiger partial charge >= 0.3 is 0 Å². The topological polar surface area (TPSA) is 18.5 Å². The SMILES string of the molecule is COc1ccc(OC)c(C(C)c2ccc(Cl)cc2)c1. The van der Waals surface area contributed by atoms with Crippen LogP contribution in [0.3, 0.4) is 0 Å². The summed E-state index contributed by atoms with van der Waals surface area (Å²) in [7, 11) is 3.35. The quantitative estimate of drug-likeness (QED) is 0.818. The summed E-state index contributed by atoms with van der Waals surface area (Å²) in [6.07, 6.45) is 0. The molecule has 2 rings (SSSR count). The molecule has 100 valence electrons. The van der Waals surface area contributed by atoms with Gasteiger partial charge in [0.15, 0.2) is 0 Å². The molecule has 19 heavy (non-hydrogen) atoms. The van der Waals surface area contributed by atoms with Crippen LogP contribution in [0.25, 0.3) is 0 Å². The molecule has 2 aromatic carbocycles.